The van der Waals surface area contributed by atoms with Crippen LogP contribution in [0.25, 0.3) is 5.69 Å². The highest BCUT2D eigenvalue weighted by atomic mass is 32.2. The van der Waals surface area contributed by atoms with E-state index in [2.05, 4.69) is 22.5 Å². The van der Waals surface area contributed by atoms with Crippen LogP contribution >= 0.6 is 23.5 Å². The summed E-state index contributed by atoms with van der Waals surface area (Å²) in [7, 11) is 0. The van der Waals surface area contributed by atoms with Crippen molar-refractivity contribution in [3.05, 3.63) is 78.1 Å². The third-order valence-corrected chi connectivity index (χ3v) is 7.56. The fourth-order valence-electron chi connectivity index (χ4n) is 2.99. The van der Waals surface area contributed by atoms with E-state index in [4.69, 9.17) is 4.74 Å². The van der Waals surface area contributed by atoms with Gasteiger partial charge in [-0.2, -0.15) is 5.10 Å². The molecule has 1 aromatic heterocycles. The topological polar surface area (TPSA) is 56.1 Å². The van der Waals surface area contributed by atoms with Crippen LogP contribution in [0.15, 0.2) is 67.0 Å². The van der Waals surface area contributed by atoms with E-state index >= 15 is 0 Å². The van der Waals surface area contributed by atoms with Crippen LogP contribution in [0.5, 0.6) is 5.75 Å². The van der Waals surface area contributed by atoms with Crippen LogP contribution < -0.4 is 10.1 Å². The molecule has 0 bridgehead atoms. The minimum atomic E-state index is -0.136. The molecule has 0 atom stereocenters. The minimum absolute atomic E-state index is 0.0116. The Morgan fingerprint density at radius 2 is 1.86 bits per heavy atom. The third kappa shape index (κ3) is 5.58. The number of rotatable bonds is 7. The van der Waals surface area contributed by atoms with Crippen molar-refractivity contribution in [1.82, 2.24) is 15.1 Å². The van der Waals surface area contributed by atoms with Crippen molar-refractivity contribution >= 4 is 29.4 Å². The molecule has 3 aromatic rings. The molecule has 150 valence electrons. The van der Waals surface area contributed by atoms with Gasteiger partial charge in [0.05, 0.1) is 10.3 Å². The van der Waals surface area contributed by atoms with Crippen LogP contribution in [0.2, 0.25) is 0 Å². The Kier molecular flexibility index (Phi) is 6.79. The Morgan fingerprint density at radius 1 is 1.10 bits per heavy atom. The zero-order valence-electron chi connectivity index (χ0n) is 16.0. The summed E-state index contributed by atoms with van der Waals surface area (Å²) in [6.45, 7) is 0.480. The van der Waals surface area contributed by atoms with Gasteiger partial charge in [-0.05, 0) is 59.4 Å². The summed E-state index contributed by atoms with van der Waals surface area (Å²) in [5.41, 5.74) is 3.33. The SMILES string of the molecule is O=C(COc1ccc(C2SCCCS2)cc1)NCc1ccc(-n2cccn2)cc1. The number of carbonyl (C=O) groups is 1. The number of hydrogen-bond acceptors (Lipinski definition) is 5. The second-order valence-electron chi connectivity index (χ2n) is 6.68. The molecule has 7 heteroatoms. The number of hydrogen-bond donors (Lipinski definition) is 1. The molecule has 5 nitrogen and oxygen atoms in total. The molecule has 4 rings (SSSR count). The lowest BCUT2D eigenvalue weighted by Gasteiger charge is -2.21. The minimum Gasteiger partial charge on any atom is -0.484 e. The summed E-state index contributed by atoms with van der Waals surface area (Å²) < 4.78 is 7.94. The van der Waals surface area contributed by atoms with E-state index < -0.39 is 0 Å². The van der Waals surface area contributed by atoms with E-state index in [1.807, 2.05) is 72.2 Å². The number of nitrogens with zero attached hydrogens (tertiary/aromatic N) is 2. The summed E-state index contributed by atoms with van der Waals surface area (Å²) in [6, 6.07) is 17.9. The number of thioether (sulfide) groups is 2. The van der Waals surface area contributed by atoms with Gasteiger partial charge in [0, 0.05) is 18.9 Å². The zero-order valence-corrected chi connectivity index (χ0v) is 17.6. The smallest absolute Gasteiger partial charge is 0.258 e. The number of aromatic nitrogens is 2. The van der Waals surface area contributed by atoms with Gasteiger partial charge >= 0.3 is 0 Å². The first-order chi connectivity index (χ1) is 14.3. The van der Waals surface area contributed by atoms with Gasteiger partial charge in [-0.1, -0.05) is 24.3 Å². The standard InChI is InChI=1S/C22H23N3O2S2/c26-21(23-15-17-3-7-19(8-4-17)25-12-1-11-24-25)16-27-20-9-5-18(6-10-20)22-28-13-2-14-29-22/h1,3-12,22H,2,13-16H2,(H,23,26). The van der Waals surface area contributed by atoms with Gasteiger partial charge in [-0.15, -0.1) is 23.5 Å². The maximum absolute atomic E-state index is 12.1. The molecular weight excluding hydrogens is 402 g/mol. The number of carbonyl (C=O) groups excluding carboxylic acids is 1. The predicted molar refractivity (Wildman–Crippen MR) is 120 cm³/mol. The molecule has 0 aliphatic carbocycles. The summed E-state index contributed by atoms with van der Waals surface area (Å²) in [4.78, 5) is 12.1. The normalized spacial score (nSPS) is 14.5. The van der Waals surface area contributed by atoms with Crippen molar-refractivity contribution in [2.24, 2.45) is 0 Å². The number of benzene rings is 2. The molecular formula is C22H23N3O2S2. The van der Waals surface area contributed by atoms with Gasteiger partial charge in [-0.3, -0.25) is 4.79 Å². The van der Waals surface area contributed by atoms with E-state index in [0.717, 1.165) is 17.0 Å². The van der Waals surface area contributed by atoms with Gasteiger partial charge in [0.2, 0.25) is 0 Å². The van der Waals surface area contributed by atoms with Gasteiger partial charge in [0.15, 0.2) is 6.61 Å². The van der Waals surface area contributed by atoms with Gasteiger partial charge in [0.25, 0.3) is 5.91 Å². The van der Waals surface area contributed by atoms with Crippen molar-refractivity contribution in [3.8, 4) is 11.4 Å². The van der Waals surface area contributed by atoms with Crippen LogP contribution in [0.3, 0.4) is 0 Å². The second-order valence-corrected chi connectivity index (χ2v) is 9.40. The molecule has 2 aromatic carbocycles. The third-order valence-electron chi connectivity index (χ3n) is 4.54. The molecule has 1 aliphatic heterocycles. The predicted octanol–water partition coefficient (Wildman–Crippen LogP) is 4.44. The number of ether oxygens (including phenoxy) is 1. The summed E-state index contributed by atoms with van der Waals surface area (Å²) in [5.74, 6) is 3.03. The Hall–Kier alpha value is -2.38. The summed E-state index contributed by atoms with van der Waals surface area (Å²) in [5, 5.41) is 7.10. The average molecular weight is 426 g/mol. The van der Waals surface area contributed by atoms with Crippen LogP contribution in [-0.2, 0) is 11.3 Å². The Morgan fingerprint density at radius 3 is 2.55 bits per heavy atom. The van der Waals surface area contributed by atoms with Gasteiger partial charge in [-0.25, -0.2) is 4.68 Å². The number of amides is 1. The first kappa shape index (κ1) is 19.9. The fraction of sp³-hybridized carbons (Fsp3) is 0.273. The highest BCUT2D eigenvalue weighted by Gasteiger charge is 2.16. The summed E-state index contributed by atoms with van der Waals surface area (Å²) in [6.07, 6.45) is 4.93. The maximum Gasteiger partial charge on any atom is 0.258 e. The Balaban J connectivity index is 1.21. The molecule has 0 radical (unpaired) electrons. The zero-order chi connectivity index (χ0) is 19.9. The lowest BCUT2D eigenvalue weighted by atomic mass is 10.2. The van der Waals surface area contributed by atoms with Crippen molar-refractivity contribution in [2.45, 2.75) is 17.5 Å². The van der Waals surface area contributed by atoms with Gasteiger partial charge in [0.1, 0.15) is 5.75 Å². The molecule has 29 heavy (non-hydrogen) atoms. The first-order valence-corrected chi connectivity index (χ1v) is 11.7. The monoisotopic (exact) mass is 425 g/mol. The fourth-order valence-corrected chi connectivity index (χ4v) is 5.88. The molecule has 1 amide bonds. The van der Waals surface area contributed by atoms with Crippen LogP contribution in [0.4, 0.5) is 0 Å². The highest BCUT2D eigenvalue weighted by Crippen LogP contribution is 2.43. The van der Waals surface area contributed by atoms with Crippen molar-refractivity contribution in [3.63, 3.8) is 0 Å². The van der Waals surface area contributed by atoms with Crippen LogP contribution in [0, 0.1) is 0 Å². The quantitative estimate of drug-likeness (QED) is 0.607. The van der Waals surface area contributed by atoms with E-state index in [1.165, 1.54) is 23.5 Å². The number of nitrogens with one attached hydrogen (secondary N) is 1. The van der Waals surface area contributed by atoms with E-state index in [-0.39, 0.29) is 12.5 Å². The Bertz CT molecular complexity index is 906. The largest absolute Gasteiger partial charge is 0.484 e. The molecule has 2 heterocycles. The van der Waals surface area contributed by atoms with Crippen LogP contribution in [-0.4, -0.2) is 33.8 Å². The molecule has 1 N–H and O–H groups in total. The summed E-state index contributed by atoms with van der Waals surface area (Å²) >= 11 is 4.00. The van der Waals surface area contributed by atoms with Crippen LogP contribution in [0.1, 0.15) is 22.1 Å². The molecule has 0 saturated carbocycles. The molecule has 1 saturated heterocycles. The van der Waals surface area contributed by atoms with Crippen molar-refractivity contribution in [2.75, 3.05) is 18.1 Å². The molecule has 0 unspecified atom stereocenters. The molecule has 1 fully saturated rings. The molecule has 0 spiro atoms. The second kappa shape index (κ2) is 9.89. The van der Waals surface area contributed by atoms with E-state index in [1.54, 1.807) is 10.9 Å². The lowest BCUT2D eigenvalue weighted by molar-refractivity contribution is -0.123. The maximum atomic E-state index is 12.1. The van der Waals surface area contributed by atoms with E-state index in [9.17, 15) is 4.79 Å². The highest BCUT2D eigenvalue weighted by molar-refractivity contribution is 8.16. The first-order valence-electron chi connectivity index (χ1n) is 9.59. The lowest BCUT2D eigenvalue weighted by Crippen LogP contribution is -2.28. The van der Waals surface area contributed by atoms with E-state index in [0.29, 0.717) is 11.1 Å². The Labute approximate surface area is 179 Å². The van der Waals surface area contributed by atoms with Gasteiger partial charge < -0.3 is 10.1 Å². The van der Waals surface area contributed by atoms with Crippen molar-refractivity contribution < 1.29 is 9.53 Å². The van der Waals surface area contributed by atoms with Crippen molar-refractivity contribution in [1.29, 1.82) is 0 Å². The molecule has 1 aliphatic rings. The average Bonchev–Trinajstić information content (AvgIpc) is 3.33.